The van der Waals surface area contributed by atoms with Gasteiger partial charge in [0, 0.05) is 35.2 Å². The van der Waals surface area contributed by atoms with Crippen molar-refractivity contribution < 1.29 is 0 Å². The smallest absolute Gasteiger partial charge is 0.106 e. The molecule has 3 nitrogen and oxygen atoms in total. The fourth-order valence-electron chi connectivity index (χ4n) is 1.77. The Labute approximate surface area is 122 Å². The molecule has 5 heteroatoms. The summed E-state index contributed by atoms with van der Waals surface area (Å²) in [6, 6.07) is 9.48. The van der Waals surface area contributed by atoms with Gasteiger partial charge in [-0.2, -0.15) is 0 Å². The molecule has 0 radical (unpaired) electrons. The van der Waals surface area contributed by atoms with Crippen molar-refractivity contribution in [3.63, 3.8) is 0 Å². The van der Waals surface area contributed by atoms with E-state index in [2.05, 4.69) is 10.3 Å². The number of hydrogen-bond donors (Lipinski definition) is 2. The van der Waals surface area contributed by atoms with Gasteiger partial charge in [0.05, 0.1) is 0 Å². The Bertz CT molecular complexity index is 572. The molecule has 3 N–H and O–H groups in total. The lowest BCUT2D eigenvalue weighted by atomic mass is 10.1. The highest BCUT2D eigenvalue weighted by Gasteiger charge is 2.05. The van der Waals surface area contributed by atoms with Crippen LogP contribution in [0.25, 0.3) is 0 Å². The zero-order chi connectivity index (χ0) is 13.7. The first kappa shape index (κ1) is 13.8. The molecular formula is C14H14ClN3S. The minimum Gasteiger partial charge on any atom is -0.389 e. The van der Waals surface area contributed by atoms with Crippen LogP contribution in [0.2, 0.25) is 5.02 Å². The summed E-state index contributed by atoms with van der Waals surface area (Å²) >= 11 is 11.0. The van der Waals surface area contributed by atoms with Gasteiger partial charge in [0.15, 0.2) is 0 Å². The largest absolute Gasteiger partial charge is 0.389 e. The van der Waals surface area contributed by atoms with Crippen LogP contribution in [0.4, 0.5) is 5.69 Å². The molecule has 1 aromatic carbocycles. The highest BCUT2D eigenvalue weighted by atomic mass is 35.5. The Kier molecular flexibility index (Phi) is 4.71. The number of hydrogen-bond acceptors (Lipinski definition) is 3. The third-order valence-corrected chi connectivity index (χ3v) is 3.18. The van der Waals surface area contributed by atoms with Crippen LogP contribution in [0.15, 0.2) is 42.7 Å². The summed E-state index contributed by atoms with van der Waals surface area (Å²) in [5, 5.41) is 3.95. The van der Waals surface area contributed by atoms with Gasteiger partial charge in [-0.1, -0.05) is 23.8 Å². The van der Waals surface area contributed by atoms with E-state index in [1.807, 2.05) is 24.3 Å². The summed E-state index contributed by atoms with van der Waals surface area (Å²) in [7, 11) is 0. The first-order chi connectivity index (χ1) is 9.16. The first-order valence-corrected chi connectivity index (χ1v) is 6.67. The van der Waals surface area contributed by atoms with Crippen LogP contribution in [0.5, 0.6) is 0 Å². The van der Waals surface area contributed by atoms with Crippen molar-refractivity contribution in [2.45, 2.75) is 6.42 Å². The van der Waals surface area contributed by atoms with Crippen molar-refractivity contribution in [3.05, 3.63) is 58.9 Å². The van der Waals surface area contributed by atoms with Crippen LogP contribution in [-0.2, 0) is 6.42 Å². The van der Waals surface area contributed by atoms with Crippen LogP contribution < -0.4 is 11.1 Å². The summed E-state index contributed by atoms with van der Waals surface area (Å²) < 4.78 is 0. The molecule has 0 saturated carbocycles. The molecule has 19 heavy (non-hydrogen) atoms. The zero-order valence-corrected chi connectivity index (χ0v) is 11.8. The van der Waals surface area contributed by atoms with Gasteiger partial charge in [0.25, 0.3) is 0 Å². The molecule has 0 spiro atoms. The molecule has 1 aromatic heterocycles. The van der Waals surface area contributed by atoms with Gasteiger partial charge in [-0.25, -0.2) is 0 Å². The second-order valence-electron chi connectivity index (χ2n) is 4.09. The Balaban J connectivity index is 2.02. The maximum Gasteiger partial charge on any atom is 0.106 e. The number of aromatic nitrogens is 1. The first-order valence-electron chi connectivity index (χ1n) is 5.89. The zero-order valence-electron chi connectivity index (χ0n) is 10.3. The van der Waals surface area contributed by atoms with Gasteiger partial charge in [-0.3, -0.25) is 4.98 Å². The molecule has 0 fully saturated rings. The SMILES string of the molecule is NC(=S)c1cc(Cl)ccc1NCCc1ccncc1. The summed E-state index contributed by atoms with van der Waals surface area (Å²) in [6.45, 7) is 0.793. The minimum atomic E-state index is 0.342. The number of thiocarbonyl (C=S) groups is 1. The Morgan fingerprint density at radius 3 is 2.68 bits per heavy atom. The summed E-state index contributed by atoms with van der Waals surface area (Å²) in [6.07, 6.45) is 4.48. The van der Waals surface area contributed by atoms with E-state index in [4.69, 9.17) is 29.6 Å². The molecule has 0 unspecified atom stereocenters. The van der Waals surface area contributed by atoms with Crippen molar-refractivity contribution in [2.75, 3.05) is 11.9 Å². The molecular weight excluding hydrogens is 278 g/mol. The predicted octanol–water partition coefficient (Wildman–Crippen LogP) is 3.02. The van der Waals surface area contributed by atoms with E-state index in [-0.39, 0.29) is 0 Å². The van der Waals surface area contributed by atoms with Crippen molar-refractivity contribution >= 4 is 34.5 Å². The number of nitrogens with one attached hydrogen (secondary N) is 1. The molecule has 0 bridgehead atoms. The van der Waals surface area contributed by atoms with Gasteiger partial charge < -0.3 is 11.1 Å². The average Bonchev–Trinajstić information content (AvgIpc) is 2.41. The quantitative estimate of drug-likeness (QED) is 0.832. The second kappa shape index (κ2) is 6.50. The van der Waals surface area contributed by atoms with Crippen LogP contribution in [-0.4, -0.2) is 16.5 Å². The number of anilines is 1. The van der Waals surface area contributed by atoms with Gasteiger partial charge in [0.2, 0.25) is 0 Å². The lowest BCUT2D eigenvalue weighted by molar-refractivity contribution is 1.01. The van der Waals surface area contributed by atoms with Crippen molar-refractivity contribution in [2.24, 2.45) is 5.73 Å². The normalized spacial score (nSPS) is 10.2. The number of nitrogens with two attached hydrogens (primary N) is 1. The number of pyridine rings is 1. The average molecular weight is 292 g/mol. The summed E-state index contributed by atoms with van der Waals surface area (Å²) in [5.74, 6) is 0. The maximum absolute atomic E-state index is 5.94. The lowest BCUT2D eigenvalue weighted by Crippen LogP contribution is -2.14. The molecule has 0 saturated heterocycles. The summed E-state index contributed by atoms with van der Waals surface area (Å²) in [4.78, 5) is 4.33. The fraction of sp³-hybridized carbons (Fsp3) is 0.143. The van der Waals surface area contributed by atoms with Crippen LogP contribution >= 0.6 is 23.8 Å². The number of rotatable bonds is 5. The molecule has 2 rings (SSSR count). The number of benzene rings is 1. The second-order valence-corrected chi connectivity index (χ2v) is 4.96. The third kappa shape index (κ3) is 3.91. The standard InChI is InChI=1S/C14H14ClN3S/c15-11-1-2-13(12(9-11)14(16)19)18-8-5-10-3-6-17-7-4-10/h1-4,6-7,9,18H,5,8H2,(H2,16,19). The van der Waals surface area contributed by atoms with Gasteiger partial charge in [-0.15, -0.1) is 0 Å². The van der Waals surface area contributed by atoms with Gasteiger partial charge >= 0.3 is 0 Å². The van der Waals surface area contributed by atoms with E-state index in [0.29, 0.717) is 10.0 Å². The Morgan fingerprint density at radius 2 is 2.00 bits per heavy atom. The lowest BCUT2D eigenvalue weighted by Gasteiger charge is -2.11. The van der Waals surface area contributed by atoms with E-state index < -0.39 is 0 Å². The Hall–Kier alpha value is -1.65. The van der Waals surface area contributed by atoms with Crippen LogP contribution in [0.3, 0.4) is 0 Å². The molecule has 0 amide bonds. The van der Waals surface area contributed by atoms with E-state index in [1.165, 1.54) is 5.56 Å². The summed E-state index contributed by atoms with van der Waals surface area (Å²) in [5.41, 5.74) is 8.60. The van der Waals surface area contributed by atoms with Gasteiger partial charge in [0.1, 0.15) is 4.99 Å². The maximum atomic E-state index is 5.94. The number of halogens is 1. The van der Waals surface area contributed by atoms with Crippen molar-refractivity contribution in [3.8, 4) is 0 Å². The molecule has 1 heterocycles. The van der Waals surface area contributed by atoms with Crippen LogP contribution in [0, 0.1) is 0 Å². The minimum absolute atomic E-state index is 0.342. The van der Waals surface area contributed by atoms with E-state index in [0.717, 1.165) is 24.2 Å². The van der Waals surface area contributed by atoms with Gasteiger partial charge in [-0.05, 0) is 42.3 Å². The predicted molar refractivity (Wildman–Crippen MR) is 83.8 cm³/mol. The Morgan fingerprint density at radius 1 is 1.26 bits per heavy atom. The molecule has 0 aliphatic rings. The molecule has 0 aliphatic heterocycles. The number of nitrogens with zero attached hydrogens (tertiary/aromatic N) is 1. The highest BCUT2D eigenvalue weighted by molar-refractivity contribution is 7.80. The highest BCUT2D eigenvalue weighted by Crippen LogP contribution is 2.20. The van der Waals surface area contributed by atoms with E-state index in [1.54, 1.807) is 18.5 Å². The van der Waals surface area contributed by atoms with Crippen molar-refractivity contribution in [1.29, 1.82) is 0 Å². The molecule has 0 aliphatic carbocycles. The topological polar surface area (TPSA) is 50.9 Å². The molecule has 2 aromatic rings. The monoisotopic (exact) mass is 291 g/mol. The fourth-order valence-corrected chi connectivity index (χ4v) is 2.11. The molecule has 0 atom stereocenters. The van der Waals surface area contributed by atoms with Crippen molar-refractivity contribution in [1.82, 2.24) is 4.98 Å². The third-order valence-electron chi connectivity index (χ3n) is 2.73. The molecule has 98 valence electrons. The van der Waals surface area contributed by atoms with E-state index in [9.17, 15) is 0 Å². The van der Waals surface area contributed by atoms with Crippen LogP contribution in [0.1, 0.15) is 11.1 Å². The van der Waals surface area contributed by atoms with E-state index >= 15 is 0 Å².